The molecule has 0 unspecified atom stereocenters. The van der Waals surface area contributed by atoms with E-state index in [0.717, 1.165) is 25.2 Å². The van der Waals surface area contributed by atoms with Crippen molar-refractivity contribution in [2.75, 3.05) is 18.8 Å². The second-order valence-electron chi connectivity index (χ2n) is 5.37. The number of nitrogen functional groups attached to an aromatic ring is 1. The summed E-state index contributed by atoms with van der Waals surface area (Å²) in [5, 5.41) is 18.6. The number of H-pyrrole nitrogens is 1. The molecule has 2 rings (SSSR count). The molecule has 1 heterocycles. The molecule has 1 aromatic carbocycles. The first-order valence-electron chi connectivity index (χ1n) is 7.73. The van der Waals surface area contributed by atoms with Crippen molar-refractivity contribution >= 4 is 5.82 Å². The number of aromatic nitrogens is 1. The Morgan fingerprint density at radius 1 is 1.08 bits per heavy atom. The molecule has 1 aromatic heterocycles. The van der Waals surface area contributed by atoms with Crippen LogP contribution in [0.15, 0.2) is 29.1 Å². The number of aromatic amines is 1. The summed E-state index contributed by atoms with van der Waals surface area (Å²) in [7, 11) is 0. The van der Waals surface area contributed by atoms with Crippen LogP contribution >= 0.6 is 0 Å². The first-order valence-corrected chi connectivity index (χ1v) is 7.73. The minimum absolute atomic E-state index is 0.0243. The third-order valence-corrected chi connectivity index (χ3v) is 4.01. The lowest BCUT2D eigenvalue weighted by Gasteiger charge is -2.18. The van der Waals surface area contributed by atoms with Crippen LogP contribution in [0.4, 0.5) is 5.82 Å². The monoisotopic (exact) mass is 321 g/mol. The summed E-state index contributed by atoms with van der Waals surface area (Å²) in [6.07, 6.45) is 0. The fraction of sp³-hybridized carbons (Fsp3) is 0.278. The molecule has 0 radical (unpaired) electrons. The van der Waals surface area contributed by atoms with Gasteiger partial charge in [-0.05, 0) is 24.2 Å². The number of hydrogen-bond acceptors (Lipinski definition) is 5. The summed E-state index contributed by atoms with van der Waals surface area (Å²) in [5.41, 5.74) is 7.20. The molecule has 0 aliphatic carbocycles. The zero-order chi connectivity index (χ0) is 17.7. The molecule has 0 spiro atoms. The van der Waals surface area contributed by atoms with Crippen LogP contribution in [0.25, 0.3) is 11.1 Å². The van der Waals surface area contributed by atoms with Crippen LogP contribution in [0.2, 0.25) is 0 Å². The maximum Gasteiger partial charge on any atom is 0.268 e. The zero-order valence-corrected chi connectivity index (χ0v) is 13.8. The molecule has 0 saturated heterocycles. The lowest BCUT2D eigenvalue weighted by Crippen LogP contribution is -2.22. The highest BCUT2D eigenvalue weighted by molar-refractivity contribution is 5.80. The van der Waals surface area contributed by atoms with E-state index in [9.17, 15) is 15.3 Å². The molecule has 0 saturated carbocycles. The maximum atomic E-state index is 11.9. The van der Waals surface area contributed by atoms with Crippen molar-refractivity contribution in [2.24, 2.45) is 0 Å². The van der Waals surface area contributed by atoms with Gasteiger partial charge in [-0.3, -0.25) is 9.69 Å². The highest BCUT2D eigenvalue weighted by Crippen LogP contribution is 2.28. The Morgan fingerprint density at radius 2 is 1.67 bits per heavy atom. The first-order chi connectivity index (χ1) is 11.5. The molecule has 6 heteroatoms. The number of nitrogens with one attached hydrogen (secondary N) is 1. The van der Waals surface area contributed by atoms with Gasteiger partial charge in [-0.15, -0.1) is 0 Å². The lowest BCUT2D eigenvalue weighted by atomic mass is 9.96. The van der Waals surface area contributed by atoms with Crippen LogP contribution in [-0.2, 0) is 6.54 Å². The predicted molar refractivity (Wildman–Crippen MR) is 93.0 cm³/mol. The Labute approximate surface area is 140 Å². The van der Waals surface area contributed by atoms with E-state index >= 15 is 0 Å². The minimum Gasteiger partial charge on any atom is -0.384 e. The number of anilines is 1. The van der Waals surface area contributed by atoms with Gasteiger partial charge in [0, 0.05) is 12.1 Å². The van der Waals surface area contributed by atoms with Crippen molar-refractivity contribution < 1.29 is 0 Å². The molecule has 122 valence electrons. The van der Waals surface area contributed by atoms with E-state index in [1.54, 1.807) is 0 Å². The van der Waals surface area contributed by atoms with Gasteiger partial charge in [-0.2, -0.15) is 10.5 Å². The van der Waals surface area contributed by atoms with E-state index in [0.29, 0.717) is 5.56 Å². The van der Waals surface area contributed by atoms with Gasteiger partial charge < -0.3 is 10.7 Å². The molecule has 0 fully saturated rings. The fourth-order valence-corrected chi connectivity index (χ4v) is 2.61. The van der Waals surface area contributed by atoms with Crippen LogP contribution in [0.1, 0.15) is 30.5 Å². The van der Waals surface area contributed by atoms with Gasteiger partial charge in [0.05, 0.1) is 0 Å². The number of hydrogen-bond donors (Lipinski definition) is 2. The van der Waals surface area contributed by atoms with Crippen LogP contribution in [0.3, 0.4) is 0 Å². The van der Waals surface area contributed by atoms with Gasteiger partial charge in [0.25, 0.3) is 5.56 Å². The standard InChI is InChI=1S/C18H19N5O/c1-3-23(4-2)11-12-5-7-13(8-6-12)16-14(9-19)17(21)22-18(24)15(16)10-20/h5-8H,3-4,11H2,1-2H3,(H3,21,22,24). The molecule has 24 heavy (non-hydrogen) atoms. The quantitative estimate of drug-likeness (QED) is 0.877. The SMILES string of the molecule is CCN(CC)Cc1ccc(-c2c(C#N)c(N)[nH]c(=O)c2C#N)cc1. The van der Waals surface area contributed by atoms with Crippen molar-refractivity contribution in [1.29, 1.82) is 10.5 Å². The first kappa shape index (κ1) is 17.3. The average Bonchev–Trinajstić information content (AvgIpc) is 2.59. The summed E-state index contributed by atoms with van der Waals surface area (Å²) in [5.74, 6) is -0.0243. The van der Waals surface area contributed by atoms with E-state index in [2.05, 4.69) is 23.7 Å². The summed E-state index contributed by atoms with van der Waals surface area (Å²) < 4.78 is 0. The zero-order valence-electron chi connectivity index (χ0n) is 13.8. The molecule has 3 N–H and O–H groups in total. The van der Waals surface area contributed by atoms with E-state index < -0.39 is 5.56 Å². The lowest BCUT2D eigenvalue weighted by molar-refractivity contribution is 0.296. The van der Waals surface area contributed by atoms with Gasteiger partial charge in [-0.1, -0.05) is 38.1 Å². The normalized spacial score (nSPS) is 10.4. The van der Waals surface area contributed by atoms with Gasteiger partial charge in [0.2, 0.25) is 0 Å². The molecule has 2 aromatic rings. The molecular formula is C18H19N5O. The van der Waals surface area contributed by atoms with Crippen LogP contribution in [-0.4, -0.2) is 23.0 Å². The van der Waals surface area contributed by atoms with Crippen LogP contribution in [0.5, 0.6) is 0 Å². The van der Waals surface area contributed by atoms with E-state index in [1.807, 2.05) is 36.4 Å². The minimum atomic E-state index is -0.587. The molecule has 0 amide bonds. The molecule has 0 aliphatic heterocycles. The summed E-state index contributed by atoms with van der Waals surface area (Å²) in [6.45, 7) is 6.95. The smallest absolute Gasteiger partial charge is 0.268 e. The van der Waals surface area contributed by atoms with E-state index in [-0.39, 0.29) is 22.5 Å². The maximum absolute atomic E-state index is 11.9. The second kappa shape index (κ2) is 7.45. The topological polar surface area (TPSA) is 110 Å². The van der Waals surface area contributed by atoms with Crippen molar-refractivity contribution in [2.45, 2.75) is 20.4 Å². The molecule has 6 nitrogen and oxygen atoms in total. The van der Waals surface area contributed by atoms with Gasteiger partial charge in [0.15, 0.2) is 0 Å². The fourth-order valence-electron chi connectivity index (χ4n) is 2.61. The van der Waals surface area contributed by atoms with Crippen molar-refractivity contribution in [3.8, 4) is 23.3 Å². The Morgan fingerprint density at radius 3 is 2.17 bits per heavy atom. The third kappa shape index (κ3) is 3.29. The van der Waals surface area contributed by atoms with E-state index in [1.165, 1.54) is 0 Å². The molecule has 0 atom stereocenters. The average molecular weight is 321 g/mol. The van der Waals surface area contributed by atoms with Gasteiger partial charge >= 0.3 is 0 Å². The highest BCUT2D eigenvalue weighted by Gasteiger charge is 2.18. The second-order valence-corrected chi connectivity index (χ2v) is 5.37. The van der Waals surface area contributed by atoms with Crippen molar-refractivity contribution in [3.05, 3.63) is 51.3 Å². The largest absolute Gasteiger partial charge is 0.384 e. The van der Waals surface area contributed by atoms with Crippen LogP contribution in [0, 0.1) is 22.7 Å². The third-order valence-electron chi connectivity index (χ3n) is 4.01. The number of nitrogens with two attached hydrogens (primary N) is 1. The Kier molecular flexibility index (Phi) is 5.36. The number of benzene rings is 1. The Hall–Kier alpha value is -3.09. The highest BCUT2D eigenvalue weighted by atomic mass is 16.1. The Bertz CT molecular complexity index is 864. The van der Waals surface area contributed by atoms with Gasteiger partial charge in [0.1, 0.15) is 29.1 Å². The van der Waals surface area contributed by atoms with Crippen molar-refractivity contribution in [1.82, 2.24) is 9.88 Å². The molecule has 0 bridgehead atoms. The van der Waals surface area contributed by atoms with E-state index in [4.69, 9.17) is 5.73 Å². The number of nitriles is 2. The van der Waals surface area contributed by atoms with Gasteiger partial charge in [-0.25, -0.2) is 0 Å². The summed E-state index contributed by atoms with van der Waals surface area (Å²) in [4.78, 5) is 16.6. The number of nitrogens with zero attached hydrogens (tertiary/aromatic N) is 3. The summed E-state index contributed by atoms with van der Waals surface area (Å²) >= 11 is 0. The Balaban J connectivity index is 2.52. The number of rotatable bonds is 5. The molecular weight excluding hydrogens is 302 g/mol. The molecule has 0 aliphatic rings. The number of pyridine rings is 1. The van der Waals surface area contributed by atoms with Crippen LogP contribution < -0.4 is 11.3 Å². The summed E-state index contributed by atoms with van der Waals surface area (Å²) in [6, 6.07) is 11.3. The predicted octanol–water partition coefficient (Wildman–Crippen LogP) is 2.21. The van der Waals surface area contributed by atoms with Crippen molar-refractivity contribution in [3.63, 3.8) is 0 Å².